The Morgan fingerprint density at radius 2 is 1.84 bits per heavy atom. The van der Waals surface area contributed by atoms with Gasteiger partial charge in [0.25, 0.3) is 0 Å². The molecule has 0 radical (unpaired) electrons. The van der Waals surface area contributed by atoms with Crippen molar-refractivity contribution in [2.45, 2.75) is 66.3 Å². The highest BCUT2D eigenvalue weighted by molar-refractivity contribution is 5.84. The van der Waals surface area contributed by atoms with Crippen LogP contribution in [0.4, 0.5) is 0 Å². The topological polar surface area (TPSA) is 46.3 Å². The molecule has 1 saturated carbocycles. The summed E-state index contributed by atoms with van der Waals surface area (Å²) in [6.45, 7) is 12.3. The Morgan fingerprint density at radius 3 is 2.16 bits per heavy atom. The molecular formula is C16H32N2O. The summed E-state index contributed by atoms with van der Waals surface area (Å²) >= 11 is 0. The minimum Gasteiger partial charge on any atom is -0.339 e. The smallest absolute Gasteiger partial charge is 0.230 e. The highest BCUT2D eigenvalue weighted by Gasteiger charge is 2.49. The van der Waals surface area contributed by atoms with Gasteiger partial charge in [0, 0.05) is 19.1 Å². The van der Waals surface area contributed by atoms with Crippen LogP contribution in [0.3, 0.4) is 0 Å². The van der Waals surface area contributed by atoms with E-state index in [2.05, 4.69) is 39.5 Å². The molecule has 3 heteroatoms. The zero-order valence-corrected chi connectivity index (χ0v) is 13.4. The van der Waals surface area contributed by atoms with Crippen LogP contribution in [0.15, 0.2) is 0 Å². The standard InChI is InChI=1S/C16H32N2O/c1-6-14(7-2)18(10-12(3)4)15(19)16(11-17)8-13(5)9-16/h12-14H,6-11,17H2,1-5H3. The van der Waals surface area contributed by atoms with Gasteiger partial charge in [-0.1, -0.05) is 34.6 Å². The van der Waals surface area contributed by atoms with Crippen molar-refractivity contribution in [3.63, 3.8) is 0 Å². The first-order valence-electron chi connectivity index (χ1n) is 7.91. The van der Waals surface area contributed by atoms with Crippen molar-refractivity contribution in [1.82, 2.24) is 4.90 Å². The lowest BCUT2D eigenvalue weighted by Crippen LogP contribution is -2.57. The van der Waals surface area contributed by atoms with Crippen LogP contribution in [0.5, 0.6) is 0 Å². The highest BCUT2D eigenvalue weighted by Crippen LogP contribution is 2.46. The average Bonchev–Trinajstić information content (AvgIpc) is 2.33. The average molecular weight is 268 g/mol. The fourth-order valence-electron chi connectivity index (χ4n) is 3.53. The molecular weight excluding hydrogens is 236 g/mol. The summed E-state index contributed by atoms with van der Waals surface area (Å²) < 4.78 is 0. The van der Waals surface area contributed by atoms with Crippen LogP contribution < -0.4 is 5.73 Å². The van der Waals surface area contributed by atoms with E-state index in [0.29, 0.717) is 30.3 Å². The molecule has 1 fully saturated rings. The molecule has 0 aromatic rings. The Bertz CT molecular complexity index is 291. The zero-order chi connectivity index (χ0) is 14.6. The van der Waals surface area contributed by atoms with Gasteiger partial charge >= 0.3 is 0 Å². The summed E-state index contributed by atoms with van der Waals surface area (Å²) in [6, 6.07) is 0.370. The number of hydrogen-bond donors (Lipinski definition) is 1. The molecule has 1 rings (SSSR count). The van der Waals surface area contributed by atoms with E-state index in [9.17, 15) is 4.79 Å². The molecule has 19 heavy (non-hydrogen) atoms. The summed E-state index contributed by atoms with van der Waals surface area (Å²) in [4.78, 5) is 15.1. The molecule has 0 aromatic heterocycles. The van der Waals surface area contributed by atoms with Crippen LogP contribution in [-0.2, 0) is 4.79 Å². The van der Waals surface area contributed by atoms with Crippen molar-refractivity contribution in [3.8, 4) is 0 Å². The van der Waals surface area contributed by atoms with Gasteiger partial charge in [-0.2, -0.15) is 0 Å². The quantitative estimate of drug-likeness (QED) is 0.771. The maximum atomic E-state index is 13.0. The molecule has 0 spiro atoms. The highest BCUT2D eigenvalue weighted by atomic mass is 16.2. The second kappa shape index (κ2) is 6.74. The summed E-state index contributed by atoms with van der Waals surface area (Å²) in [5, 5.41) is 0. The van der Waals surface area contributed by atoms with Gasteiger partial charge in [0.1, 0.15) is 0 Å². The van der Waals surface area contributed by atoms with Gasteiger partial charge in [-0.3, -0.25) is 4.79 Å². The first-order chi connectivity index (χ1) is 8.90. The minimum atomic E-state index is -0.253. The number of amides is 1. The van der Waals surface area contributed by atoms with Crippen LogP contribution in [0.1, 0.15) is 60.3 Å². The number of carbonyl (C=O) groups excluding carboxylic acids is 1. The van der Waals surface area contributed by atoms with Gasteiger partial charge in [-0.05, 0) is 37.5 Å². The van der Waals surface area contributed by atoms with Crippen molar-refractivity contribution >= 4 is 5.91 Å². The number of rotatable bonds is 7. The maximum absolute atomic E-state index is 13.0. The van der Waals surface area contributed by atoms with Gasteiger partial charge in [0.05, 0.1) is 5.41 Å². The summed E-state index contributed by atoms with van der Waals surface area (Å²) in [5.41, 5.74) is 5.68. The lowest BCUT2D eigenvalue weighted by atomic mass is 9.61. The molecule has 1 aliphatic rings. The van der Waals surface area contributed by atoms with Crippen molar-refractivity contribution in [2.75, 3.05) is 13.1 Å². The second-order valence-electron chi connectivity index (χ2n) is 6.82. The van der Waals surface area contributed by atoms with Gasteiger partial charge in [0.2, 0.25) is 5.91 Å². The third kappa shape index (κ3) is 3.50. The van der Waals surface area contributed by atoms with Crippen molar-refractivity contribution < 1.29 is 4.79 Å². The van der Waals surface area contributed by atoms with Crippen LogP contribution in [0.25, 0.3) is 0 Å². The largest absolute Gasteiger partial charge is 0.339 e. The lowest BCUT2D eigenvalue weighted by Gasteiger charge is -2.48. The first-order valence-corrected chi connectivity index (χ1v) is 7.91. The minimum absolute atomic E-state index is 0.253. The predicted octanol–water partition coefficient (Wildman–Crippen LogP) is 3.03. The number of nitrogens with zero attached hydrogens (tertiary/aromatic N) is 1. The zero-order valence-electron chi connectivity index (χ0n) is 13.4. The van der Waals surface area contributed by atoms with Gasteiger partial charge < -0.3 is 10.6 Å². The Hall–Kier alpha value is -0.570. The van der Waals surface area contributed by atoms with E-state index < -0.39 is 0 Å². The van der Waals surface area contributed by atoms with E-state index in [1.807, 2.05) is 0 Å². The monoisotopic (exact) mass is 268 g/mol. The molecule has 0 saturated heterocycles. The molecule has 0 atom stereocenters. The van der Waals surface area contributed by atoms with Crippen molar-refractivity contribution in [2.24, 2.45) is 23.0 Å². The summed E-state index contributed by atoms with van der Waals surface area (Å²) in [6.07, 6.45) is 4.00. The van der Waals surface area contributed by atoms with E-state index in [0.717, 1.165) is 32.2 Å². The third-order valence-corrected chi connectivity index (χ3v) is 4.53. The number of carbonyl (C=O) groups is 1. The Kier molecular flexibility index (Phi) is 5.84. The normalized spacial score (nSPS) is 26.6. The SMILES string of the molecule is CCC(CC)N(CC(C)C)C(=O)C1(CN)CC(C)C1. The second-order valence-corrected chi connectivity index (χ2v) is 6.82. The van der Waals surface area contributed by atoms with Crippen molar-refractivity contribution in [1.29, 1.82) is 0 Å². The van der Waals surface area contributed by atoms with Gasteiger partial charge in [-0.25, -0.2) is 0 Å². The van der Waals surface area contributed by atoms with Crippen LogP contribution >= 0.6 is 0 Å². The van der Waals surface area contributed by atoms with Crippen LogP contribution in [0, 0.1) is 17.3 Å². The molecule has 0 bridgehead atoms. The Labute approximate surface area is 118 Å². The van der Waals surface area contributed by atoms with E-state index in [4.69, 9.17) is 5.73 Å². The molecule has 112 valence electrons. The van der Waals surface area contributed by atoms with E-state index >= 15 is 0 Å². The molecule has 1 aliphatic carbocycles. The number of nitrogens with two attached hydrogens (primary N) is 1. The third-order valence-electron chi connectivity index (χ3n) is 4.53. The molecule has 0 heterocycles. The molecule has 3 nitrogen and oxygen atoms in total. The predicted molar refractivity (Wildman–Crippen MR) is 80.8 cm³/mol. The fraction of sp³-hybridized carbons (Fsp3) is 0.938. The summed E-state index contributed by atoms with van der Waals surface area (Å²) in [7, 11) is 0. The first kappa shape index (κ1) is 16.5. The molecule has 1 amide bonds. The summed E-state index contributed by atoms with van der Waals surface area (Å²) in [5.74, 6) is 1.47. The number of hydrogen-bond acceptors (Lipinski definition) is 2. The Balaban J connectivity index is 2.87. The molecule has 0 unspecified atom stereocenters. The van der Waals surface area contributed by atoms with Crippen molar-refractivity contribution in [3.05, 3.63) is 0 Å². The van der Waals surface area contributed by atoms with Crippen LogP contribution in [-0.4, -0.2) is 29.9 Å². The maximum Gasteiger partial charge on any atom is 0.230 e. The van der Waals surface area contributed by atoms with Crippen LogP contribution in [0.2, 0.25) is 0 Å². The van der Waals surface area contributed by atoms with E-state index in [1.54, 1.807) is 0 Å². The molecule has 0 aliphatic heterocycles. The Morgan fingerprint density at radius 1 is 1.32 bits per heavy atom. The van der Waals surface area contributed by atoms with E-state index in [-0.39, 0.29) is 5.41 Å². The van der Waals surface area contributed by atoms with Gasteiger partial charge in [-0.15, -0.1) is 0 Å². The van der Waals surface area contributed by atoms with E-state index in [1.165, 1.54) is 0 Å². The molecule has 0 aromatic carbocycles. The molecule has 2 N–H and O–H groups in total. The van der Waals surface area contributed by atoms with Gasteiger partial charge in [0.15, 0.2) is 0 Å². The fourth-order valence-corrected chi connectivity index (χ4v) is 3.53. The lowest BCUT2D eigenvalue weighted by molar-refractivity contribution is -0.153.